The van der Waals surface area contributed by atoms with E-state index >= 15 is 0 Å². The summed E-state index contributed by atoms with van der Waals surface area (Å²) < 4.78 is 0. The van der Waals surface area contributed by atoms with E-state index in [0.29, 0.717) is 6.04 Å². The Balaban J connectivity index is 3.50. The zero-order chi connectivity index (χ0) is 7.44. The van der Waals surface area contributed by atoms with Gasteiger partial charge in [0.05, 0.1) is 0 Å². The van der Waals surface area contributed by atoms with Gasteiger partial charge in [-0.25, -0.2) is 0 Å². The van der Waals surface area contributed by atoms with Crippen molar-refractivity contribution >= 4 is 5.71 Å². The van der Waals surface area contributed by atoms with Crippen LogP contribution < -0.4 is 0 Å². The van der Waals surface area contributed by atoms with Gasteiger partial charge in [-0.1, -0.05) is 0 Å². The summed E-state index contributed by atoms with van der Waals surface area (Å²) in [4.78, 5) is 2.14. The largest absolute Gasteiger partial charge is 0.309 e. The van der Waals surface area contributed by atoms with Gasteiger partial charge in [-0.05, 0) is 27.8 Å². The third kappa shape index (κ3) is 4.15. The highest BCUT2D eigenvalue weighted by atomic mass is 15.1. The smallest absolute Gasteiger partial charge is 0.0357 e. The first-order valence-electron chi connectivity index (χ1n) is 3.28. The molecule has 1 N–H and O–H groups in total. The fraction of sp³-hybridized carbons (Fsp3) is 0.857. The average molecular weight is 128 g/mol. The molecule has 54 valence electrons. The first-order chi connectivity index (χ1) is 4.04. The van der Waals surface area contributed by atoms with Crippen molar-refractivity contribution in [2.45, 2.75) is 26.8 Å². The minimum atomic E-state index is 0.547. The zero-order valence-electron chi connectivity index (χ0n) is 6.73. The Hall–Kier alpha value is -0.370. The zero-order valence-corrected chi connectivity index (χ0v) is 6.73. The van der Waals surface area contributed by atoms with Crippen molar-refractivity contribution in [1.29, 1.82) is 5.41 Å². The van der Waals surface area contributed by atoms with E-state index in [0.717, 1.165) is 12.3 Å². The first kappa shape index (κ1) is 8.63. The molecule has 0 unspecified atom stereocenters. The predicted molar refractivity (Wildman–Crippen MR) is 41.2 cm³/mol. The molecule has 0 aromatic rings. The fourth-order valence-electron chi connectivity index (χ4n) is 0.557. The van der Waals surface area contributed by atoms with Gasteiger partial charge in [-0.2, -0.15) is 0 Å². The molecule has 2 heteroatoms. The highest BCUT2D eigenvalue weighted by molar-refractivity contribution is 5.80. The molecule has 0 saturated carbocycles. The Labute approximate surface area is 57.4 Å². The average Bonchev–Trinajstić information content (AvgIpc) is 1.63. The number of hydrogen-bond donors (Lipinski definition) is 1. The van der Waals surface area contributed by atoms with Crippen molar-refractivity contribution in [3.05, 3.63) is 0 Å². The molecule has 0 amide bonds. The van der Waals surface area contributed by atoms with Crippen molar-refractivity contribution in [2.75, 3.05) is 13.6 Å². The van der Waals surface area contributed by atoms with Crippen LogP contribution in [0.25, 0.3) is 0 Å². The maximum atomic E-state index is 7.18. The second-order valence-corrected chi connectivity index (χ2v) is 2.79. The monoisotopic (exact) mass is 128 g/mol. The van der Waals surface area contributed by atoms with E-state index in [1.54, 1.807) is 0 Å². The van der Waals surface area contributed by atoms with Crippen LogP contribution in [0.3, 0.4) is 0 Å². The lowest BCUT2D eigenvalue weighted by Gasteiger charge is -2.19. The molecule has 9 heavy (non-hydrogen) atoms. The SMILES string of the molecule is CC(=N)CN(C)C(C)C. The summed E-state index contributed by atoms with van der Waals surface area (Å²) in [6.45, 7) is 6.88. The maximum absolute atomic E-state index is 7.18. The Morgan fingerprint density at radius 3 is 2.11 bits per heavy atom. The van der Waals surface area contributed by atoms with Crippen LogP contribution in [0, 0.1) is 5.41 Å². The number of rotatable bonds is 3. The molecule has 0 spiro atoms. The Morgan fingerprint density at radius 1 is 1.56 bits per heavy atom. The van der Waals surface area contributed by atoms with Gasteiger partial charge in [0.2, 0.25) is 0 Å². The van der Waals surface area contributed by atoms with E-state index in [-0.39, 0.29) is 0 Å². The van der Waals surface area contributed by atoms with Crippen LogP contribution in [0.4, 0.5) is 0 Å². The van der Waals surface area contributed by atoms with Crippen LogP contribution in [0.2, 0.25) is 0 Å². The lowest BCUT2D eigenvalue weighted by Crippen LogP contribution is -2.30. The minimum absolute atomic E-state index is 0.547. The van der Waals surface area contributed by atoms with E-state index in [2.05, 4.69) is 18.7 Å². The van der Waals surface area contributed by atoms with Gasteiger partial charge in [0.15, 0.2) is 0 Å². The molecule has 0 fully saturated rings. The molecule has 0 radical (unpaired) electrons. The van der Waals surface area contributed by atoms with Crippen LogP contribution >= 0.6 is 0 Å². The van der Waals surface area contributed by atoms with E-state index in [1.165, 1.54) is 0 Å². The third-order valence-electron chi connectivity index (χ3n) is 1.37. The van der Waals surface area contributed by atoms with Crippen LogP contribution in [0.5, 0.6) is 0 Å². The summed E-state index contributed by atoms with van der Waals surface area (Å²) in [5.41, 5.74) is 0.728. The molecular formula is C7H16N2. The summed E-state index contributed by atoms with van der Waals surface area (Å²) in [6.07, 6.45) is 0. The van der Waals surface area contributed by atoms with Gasteiger partial charge in [0.1, 0.15) is 0 Å². The van der Waals surface area contributed by atoms with Crippen molar-refractivity contribution in [2.24, 2.45) is 0 Å². The molecule has 0 saturated heterocycles. The molecule has 0 aliphatic carbocycles. The molecule has 0 rings (SSSR count). The number of hydrogen-bond acceptors (Lipinski definition) is 2. The van der Waals surface area contributed by atoms with Crippen molar-refractivity contribution < 1.29 is 0 Å². The molecule has 0 atom stereocenters. The predicted octanol–water partition coefficient (Wildman–Crippen LogP) is 1.37. The van der Waals surface area contributed by atoms with Gasteiger partial charge in [-0.15, -0.1) is 0 Å². The van der Waals surface area contributed by atoms with E-state index in [4.69, 9.17) is 5.41 Å². The second kappa shape index (κ2) is 3.62. The van der Waals surface area contributed by atoms with Gasteiger partial charge < -0.3 is 5.41 Å². The fourth-order valence-corrected chi connectivity index (χ4v) is 0.557. The van der Waals surface area contributed by atoms with E-state index in [9.17, 15) is 0 Å². The van der Waals surface area contributed by atoms with E-state index in [1.807, 2.05) is 14.0 Å². The Kier molecular flexibility index (Phi) is 3.47. The highest BCUT2D eigenvalue weighted by Gasteiger charge is 2.01. The van der Waals surface area contributed by atoms with Gasteiger partial charge in [-0.3, -0.25) is 4.90 Å². The standard InChI is InChI=1S/C7H16N2/c1-6(2)9(4)5-7(3)8/h6,8H,5H2,1-4H3. The second-order valence-electron chi connectivity index (χ2n) is 2.79. The molecule has 0 aliphatic rings. The molecule has 0 aromatic heterocycles. The van der Waals surface area contributed by atoms with Crippen LogP contribution in [-0.4, -0.2) is 30.2 Å². The normalized spacial score (nSPS) is 10.9. The molecule has 2 nitrogen and oxygen atoms in total. The topological polar surface area (TPSA) is 27.1 Å². The van der Waals surface area contributed by atoms with Crippen LogP contribution in [0.15, 0.2) is 0 Å². The summed E-state index contributed by atoms with van der Waals surface area (Å²) in [7, 11) is 2.03. The lowest BCUT2D eigenvalue weighted by atomic mass is 10.3. The maximum Gasteiger partial charge on any atom is 0.0357 e. The third-order valence-corrected chi connectivity index (χ3v) is 1.37. The highest BCUT2D eigenvalue weighted by Crippen LogP contribution is 1.91. The summed E-state index contributed by atoms with van der Waals surface area (Å²) >= 11 is 0. The van der Waals surface area contributed by atoms with Crippen LogP contribution in [0.1, 0.15) is 20.8 Å². The molecule has 0 bridgehead atoms. The van der Waals surface area contributed by atoms with Gasteiger partial charge in [0, 0.05) is 18.3 Å². The number of nitrogens with zero attached hydrogens (tertiary/aromatic N) is 1. The molecule has 0 aliphatic heterocycles. The Bertz CT molecular complexity index is 97.1. The summed E-state index contributed by atoms with van der Waals surface area (Å²) in [6, 6.07) is 0.547. The molecule has 0 heterocycles. The minimum Gasteiger partial charge on any atom is -0.309 e. The molecule has 0 aromatic carbocycles. The summed E-state index contributed by atoms with van der Waals surface area (Å²) in [5, 5.41) is 7.18. The van der Waals surface area contributed by atoms with Gasteiger partial charge in [0.25, 0.3) is 0 Å². The molecular weight excluding hydrogens is 112 g/mol. The Morgan fingerprint density at radius 2 is 2.00 bits per heavy atom. The van der Waals surface area contributed by atoms with Gasteiger partial charge >= 0.3 is 0 Å². The summed E-state index contributed by atoms with van der Waals surface area (Å²) in [5.74, 6) is 0. The number of nitrogens with one attached hydrogen (secondary N) is 1. The lowest BCUT2D eigenvalue weighted by molar-refractivity contribution is 0.311. The van der Waals surface area contributed by atoms with E-state index < -0.39 is 0 Å². The van der Waals surface area contributed by atoms with Crippen molar-refractivity contribution in [1.82, 2.24) is 4.90 Å². The van der Waals surface area contributed by atoms with Crippen LogP contribution in [-0.2, 0) is 0 Å². The quantitative estimate of drug-likeness (QED) is 0.571. The van der Waals surface area contributed by atoms with Crippen molar-refractivity contribution in [3.63, 3.8) is 0 Å². The van der Waals surface area contributed by atoms with Crippen molar-refractivity contribution in [3.8, 4) is 0 Å². The first-order valence-corrected chi connectivity index (χ1v) is 3.28.